The fraction of sp³-hybridized carbons (Fsp3) is 0.714. The molecule has 2 rings (SSSR count). The first-order chi connectivity index (χ1) is 9.04. The van der Waals surface area contributed by atoms with Crippen molar-refractivity contribution in [2.75, 3.05) is 13.7 Å². The Bertz CT molecular complexity index is 469. The number of ether oxygens (including phenoxy) is 1. The molecule has 19 heavy (non-hydrogen) atoms. The lowest BCUT2D eigenvalue weighted by atomic mass is 9.97. The third kappa shape index (κ3) is 2.39. The largest absolute Gasteiger partial charge is 0.468 e. The fourth-order valence-corrected chi connectivity index (χ4v) is 3.09. The summed E-state index contributed by atoms with van der Waals surface area (Å²) < 4.78 is 7.18. The van der Waals surface area contributed by atoms with Crippen LogP contribution in [0.3, 0.4) is 0 Å². The number of aromatic nitrogens is 2. The Hall–Kier alpha value is -1.36. The van der Waals surface area contributed by atoms with Crippen LogP contribution < -0.4 is 5.32 Å². The highest BCUT2D eigenvalue weighted by atomic mass is 16.5. The van der Waals surface area contributed by atoms with E-state index in [1.807, 2.05) is 20.2 Å². The van der Waals surface area contributed by atoms with Gasteiger partial charge in [-0.2, -0.15) is 0 Å². The van der Waals surface area contributed by atoms with Gasteiger partial charge in [0, 0.05) is 11.7 Å². The zero-order valence-corrected chi connectivity index (χ0v) is 12.2. The van der Waals surface area contributed by atoms with E-state index in [9.17, 15) is 4.79 Å². The van der Waals surface area contributed by atoms with E-state index in [0.29, 0.717) is 6.04 Å². The van der Waals surface area contributed by atoms with Crippen molar-refractivity contribution in [2.45, 2.75) is 51.6 Å². The second-order valence-corrected chi connectivity index (χ2v) is 5.32. The average molecular weight is 265 g/mol. The number of esters is 1. The SMILES string of the molecule is CCNC1(C(=O)OC)CCC(n2cnc(C)c2C)C1. The van der Waals surface area contributed by atoms with Crippen molar-refractivity contribution in [1.29, 1.82) is 0 Å². The normalized spacial score (nSPS) is 26.6. The lowest BCUT2D eigenvalue weighted by Gasteiger charge is -2.27. The molecular formula is C14H23N3O2. The number of carbonyl (C=O) groups is 1. The summed E-state index contributed by atoms with van der Waals surface area (Å²) in [7, 11) is 1.46. The summed E-state index contributed by atoms with van der Waals surface area (Å²) in [4.78, 5) is 16.4. The van der Waals surface area contributed by atoms with Gasteiger partial charge in [-0.25, -0.2) is 4.98 Å². The molecule has 1 heterocycles. The molecule has 5 nitrogen and oxygen atoms in total. The molecule has 0 bridgehead atoms. The number of hydrogen-bond acceptors (Lipinski definition) is 4. The summed E-state index contributed by atoms with van der Waals surface area (Å²) in [5, 5.41) is 3.33. The highest BCUT2D eigenvalue weighted by Crippen LogP contribution is 2.39. The molecular weight excluding hydrogens is 242 g/mol. The zero-order chi connectivity index (χ0) is 14.0. The minimum atomic E-state index is -0.529. The van der Waals surface area contributed by atoms with Crippen molar-refractivity contribution >= 4 is 5.97 Å². The predicted octanol–water partition coefficient (Wildman–Crippen LogP) is 1.75. The van der Waals surface area contributed by atoms with Gasteiger partial charge in [0.15, 0.2) is 0 Å². The third-order valence-corrected chi connectivity index (χ3v) is 4.26. The number of methoxy groups -OCH3 is 1. The van der Waals surface area contributed by atoms with Gasteiger partial charge < -0.3 is 14.6 Å². The van der Waals surface area contributed by atoms with Crippen molar-refractivity contribution in [1.82, 2.24) is 14.9 Å². The van der Waals surface area contributed by atoms with Crippen LogP contribution in [0.15, 0.2) is 6.33 Å². The maximum absolute atomic E-state index is 12.1. The van der Waals surface area contributed by atoms with Crippen LogP contribution in [0.25, 0.3) is 0 Å². The van der Waals surface area contributed by atoms with Crippen LogP contribution in [0.1, 0.15) is 43.6 Å². The molecule has 1 saturated carbocycles. The van der Waals surface area contributed by atoms with Crippen molar-refractivity contribution in [3.63, 3.8) is 0 Å². The molecule has 2 unspecified atom stereocenters. The minimum Gasteiger partial charge on any atom is -0.468 e. The van der Waals surface area contributed by atoms with Gasteiger partial charge in [-0.3, -0.25) is 4.79 Å². The second-order valence-electron chi connectivity index (χ2n) is 5.32. The minimum absolute atomic E-state index is 0.147. The molecule has 0 radical (unpaired) electrons. The van der Waals surface area contributed by atoms with Gasteiger partial charge in [0.05, 0.1) is 19.1 Å². The number of carbonyl (C=O) groups excluding carboxylic acids is 1. The van der Waals surface area contributed by atoms with Gasteiger partial charge in [-0.05, 0) is 39.7 Å². The number of hydrogen-bond donors (Lipinski definition) is 1. The van der Waals surface area contributed by atoms with E-state index in [1.54, 1.807) is 0 Å². The van der Waals surface area contributed by atoms with Crippen LogP contribution in [0.4, 0.5) is 0 Å². The van der Waals surface area contributed by atoms with Crippen molar-refractivity contribution in [2.24, 2.45) is 0 Å². The molecule has 1 N–H and O–H groups in total. The van der Waals surface area contributed by atoms with Crippen molar-refractivity contribution in [3.05, 3.63) is 17.7 Å². The van der Waals surface area contributed by atoms with Crippen LogP contribution >= 0.6 is 0 Å². The molecule has 1 fully saturated rings. The number of nitrogens with one attached hydrogen (secondary N) is 1. The average Bonchev–Trinajstić information content (AvgIpc) is 2.96. The van der Waals surface area contributed by atoms with Gasteiger partial charge in [0.2, 0.25) is 0 Å². The maximum Gasteiger partial charge on any atom is 0.326 e. The summed E-state index contributed by atoms with van der Waals surface area (Å²) in [6.45, 7) is 6.88. The molecule has 0 aromatic carbocycles. The van der Waals surface area contributed by atoms with E-state index in [2.05, 4.69) is 21.8 Å². The van der Waals surface area contributed by atoms with E-state index in [-0.39, 0.29) is 5.97 Å². The Morgan fingerprint density at radius 2 is 2.37 bits per heavy atom. The Morgan fingerprint density at radius 3 is 2.89 bits per heavy atom. The van der Waals surface area contributed by atoms with E-state index in [4.69, 9.17) is 4.74 Å². The Kier molecular flexibility index (Phi) is 3.94. The molecule has 0 aliphatic heterocycles. The second kappa shape index (κ2) is 5.33. The van der Waals surface area contributed by atoms with Gasteiger partial charge in [0.1, 0.15) is 5.54 Å². The summed E-state index contributed by atoms with van der Waals surface area (Å²) in [6.07, 6.45) is 4.44. The summed E-state index contributed by atoms with van der Waals surface area (Å²) in [5.41, 5.74) is 1.71. The summed E-state index contributed by atoms with van der Waals surface area (Å²) >= 11 is 0. The maximum atomic E-state index is 12.1. The van der Waals surface area contributed by atoms with E-state index in [0.717, 1.165) is 31.5 Å². The Labute approximate surface area is 114 Å². The lowest BCUT2D eigenvalue weighted by Crippen LogP contribution is -2.50. The molecule has 1 aliphatic carbocycles. The number of imidazole rings is 1. The van der Waals surface area contributed by atoms with Crippen molar-refractivity contribution in [3.8, 4) is 0 Å². The number of rotatable bonds is 4. The molecule has 0 spiro atoms. The fourth-order valence-electron chi connectivity index (χ4n) is 3.09. The lowest BCUT2D eigenvalue weighted by molar-refractivity contribution is -0.148. The van der Waals surface area contributed by atoms with Gasteiger partial charge >= 0.3 is 5.97 Å². The van der Waals surface area contributed by atoms with Gasteiger partial charge in [-0.1, -0.05) is 6.92 Å². The monoisotopic (exact) mass is 265 g/mol. The van der Waals surface area contributed by atoms with E-state index >= 15 is 0 Å². The van der Waals surface area contributed by atoms with E-state index < -0.39 is 5.54 Å². The first kappa shape index (κ1) is 14.1. The van der Waals surface area contributed by atoms with Crippen LogP contribution in [-0.4, -0.2) is 34.7 Å². The number of aryl methyl sites for hydroxylation is 1. The summed E-state index contributed by atoms with van der Waals surface area (Å²) in [6, 6.07) is 0.319. The third-order valence-electron chi connectivity index (χ3n) is 4.26. The molecule has 1 aromatic rings. The topological polar surface area (TPSA) is 56.1 Å². The smallest absolute Gasteiger partial charge is 0.326 e. The Morgan fingerprint density at radius 1 is 1.63 bits per heavy atom. The quantitative estimate of drug-likeness (QED) is 0.843. The van der Waals surface area contributed by atoms with Gasteiger partial charge in [0.25, 0.3) is 0 Å². The van der Waals surface area contributed by atoms with Crippen LogP contribution in [0, 0.1) is 13.8 Å². The number of nitrogens with zero attached hydrogens (tertiary/aromatic N) is 2. The predicted molar refractivity (Wildman–Crippen MR) is 73.0 cm³/mol. The molecule has 1 aliphatic rings. The van der Waals surface area contributed by atoms with E-state index in [1.165, 1.54) is 12.8 Å². The summed E-state index contributed by atoms with van der Waals surface area (Å²) in [5.74, 6) is -0.147. The van der Waals surface area contributed by atoms with Crippen LogP contribution in [0.2, 0.25) is 0 Å². The van der Waals surface area contributed by atoms with Crippen molar-refractivity contribution < 1.29 is 9.53 Å². The highest BCUT2D eigenvalue weighted by molar-refractivity contribution is 5.81. The Balaban J connectivity index is 2.21. The molecule has 106 valence electrons. The molecule has 1 aromatic heterocycles. The van der Waals surface area contributed by atoms with Crippen LogP contribution in [-0.2, 0) is 9.53 Å². The zero-order valence-electron chi connectivity index (χ0n) is 12.2. The molecule has 2 atom stereocenters. The molecule has 0 amide bonds. The molecule has 5 heteroatoms. The molecule has 0 saturated heterocycles. The number of likely N-dealkylation sites (N-methyl/N-ethyl adjacent to an activating group) is 1. The first-order valence-electron chi connectivity index (χ1n) is 6.87. The highest BCUT2D eigenvalue weighted by Gasteiger charge is 2.46. The standard InChI is InChI=1S/C14H23N3O2/c1-5-16-14(13(18)19-4)7-6-12(8-14)17-9-15-10(2)11(17)3/h9,12,16H,5-8H2,1-4H3. The first-order valence-corrected chi connectivity index (χ1v) is 6.87. The van der Waals surface area contributed by atoms with Gasteiger partial charge in [-0.15, -0.1) is 0 Å². The van der Waals surface area contributed by atoms with Crippen LogP contribution in [0.5, 0.6) is 0 Å².